The first kappa shape index (κ1) is 16.0. The number of hydrogen-bond acceptors (Lipinski definition) is 3. The first-order valence-electron chi connectivity index (χ1n) is 8.57. The molecule has 0 spiro atoms. The fourth-order valence-corrected chi connectivity index (χ4v) is 3.52. The maximum absolute atomic E-state index is 12.3. The highest BCUT2D eigenvalue weighted by Crippen LogP contribution is 2.27. The van der Waals surface area contributed by atoms with Gasteiger partial charge >= 0.3 is 0 Å². The minimum Gasteiger partial charge on any atom is -0.341 e. The van der Waals surface area contributed by atoms with Crippen LogP contribution in [0.15, 0.2) is 24.3 Å². The van der Waals surface area contributed by atoms with Gasteiger partial charge in [-0.15, -0.1) is 0 Å². The normalized spacial score (nSPS) is 21.3. The first-order valence-corrected chi connectivity index (χ1v) is 8.57. The number of likely N-dealkylation sites (tertiary alicyclic amines) is 1. The number of amides is 2. The highest BCUT2D eigenvalue weighted by atomic mass is 16.2. The molecule has 23 heavy (non-hydrogen) atoms. The van der Waals surface area contributed by atoms with Crippen LogP contribution in [0.4, 0.5) is 5.69 Å². The summed E-state index contributed by atoms with van der Waals surface area (Å²) < 4.78 is 0. The summed E-state index contributed by atoms with van der Waals surface area (Å²) in [5.41, 5.74) is 8.17. The molecule has 5 nitrogen and oxygen atoms in total. The number of aryl methyl sites for hydroxylation is 1. The molecule has 1 fully saturated rings. The third-order valence-corrected chi connectivity index (χ3v) is 4.77. The summed E-state index contributed by atoms with van der Waals surface area (Å²) >= 11 is 0. The molecule has 2 N–H and O–H groups in total. The van der Waals surface area contributed by atoms with Crippen molar-refractivity contribution in [1.29, 1.82) is 0 Å². The van der Waals surface area contributed by atoms with Crippen molar-refractivity contribution in [3.05, 3.63) is 29.8 Å². The number of carbonyl (C=O) groups is 2. The van der Waals surface area contributed by atoms with E-state index in [9.17, 15) is 9.59 Å². The van der Waals surface area contributed by atoms with Crippen LogP contribution in [-0.2, 0) is 16.0 Å². The number of fused-ring (bicyclic) bond motifs is 1. The number of hydrogen-bond donors (Lipinski definition) is 1. The van der Waals surface area contributed by atoms with Crippen molar-refractivity contribution in [1.82, 2.24) is 4.90 Å². The summed E-state index contributed by atoms with van der Waals surface area (Å²) in [6, 6.07) is 8.16. The number of para-hydroxylation sites is 1. The number of rotatable bonds is 4. The van der Waals surface area contributed by atoms with E-state index in [4.69, 9.17) is 5.73 Å². The van der Waals surface area contributed by atoms with Crippen molar-refractivity contribution in [2.24, 2.45) is 5.73 Å². The Morgan fingerprint density at radius 3 is 2.91 bits per heavy atom. The maximum atomic E-state index is 12.3. The van der Waals surface area contributed by atoms with E-state index < -0.39 is 0 Å². The lowest BCUT2D eigenvalue weighted by Gasteiger charge is -2.32. The molecule has 3 rings (SSSR count). The second kappa shape index (κ2) is 7.13. The molecule has 5 heteroatoms. The van der Waals surface area contributed by atoms with E-state index in [0.29, 0.717) is 32.4 Å². The Hall–Kier alpha value is -1.88. The summed E-state index contributed by atoms with van der Waals surface area (Å²) in [7, 11) is 0. The standard InChI is InChI=1S/C18H25N3O2/c19-15-6-3-11-20(13-15)17(22)8-4-12-21-16-7-2-1-5-14(16)9-10-18(21)23/h1-2,5,7,15H,3-4,6,8-13,19H2/t15-/m1/s1. The van der Waals surface area contributed by atoms with Gasteiger partial charge in [-0.25, -0.2) is 0 Å². The Morgan fingerprint density at radius 2 is 2.09 bits per heavy atom. The van der Waals surface area contributed by atoms with E-state index in [1.165, 1.54) is 5.56 Å². The number of piperidine rings is 1. The minimum absolute atomic E-state index is 0.114. The Bertz CT molecular complexity index is 587. The molecule has 1 saturated heterocycles. The van der Waals surface area contributed by atoms with Crippen LogP contribution in [0.3, 0.4) is 0 Å². The molecule has 0 saturated carbocycles. The van der Waals surface area contributed by atoms with E-state index in [0.717, 1.165) is 31.5 Å². The molecule has 0 aliphatic carbocycles. The van der Waals surface area contributed by atoms with E-state index in [-0.39, 0.29) is 17.9 Å². The van der Waals surface area contributed by atoms with Gasteiger partial charge < -0.3 is 15.5 Å². The molecular weight excluding hydrogens is 290 g/mol. The van der Waals surface area contributed by atoms with Gasteiger partial charge in [-0.3, -0.25) is 9.59 Å². The van der Waals surface area contributed by atoms with Crippen LogP contribution < -0.4 is 10.6 Å². The SMILES string of the molecule is N[C@@H]1CCCN(C(=O)CCCN2C(=O)CCc3ccccc32)C1. The second-order valence-electron chi connectivity index (χ2n) is 6.52. The number of nitrogens with zero attached hydrogens (tertiary/aromatic N) is 2. The van der Waals surface area contributed by atoms with Crippen molar-refractivity contribution in [2.75, 3.05) is 24.5 Å². The summed E-state index contributed by atoms with van der Waals surface area (Å²) in [6.45, 7) is 2.10. The average Bonchev–Trinajstić information content (AvgIpc) is 2.56. The Kier molecular flexibility index (Phi) is 4.96. The summed E-state index contributed by atoms with van der Waals surface area (Å²) in [5, 5.41) is 0. The molecule has 1 aromatic rings. The zero-order chi connectivity index (χ0) is 16.2. The Morgan fingerprint density at radius 1 is 1.26 bits per heavy atom. The lowest BCUT2D eigenvalue weighted by Crippen LogP contribution is -2.45. The van der Waals surface area contributed by atoms with Crippen molar-refractivity contribution in [2.45, 2.75) is 44.6 Å². The number of nitrogens with two attached hydrogens (primary N) is 1. The molecule has 1 aromatic carbocycles. The number of benzene rings is 1. The molecular formula is C18H25N3O2. The monoisotopic (exact) mass is 315 g/mol. The van der Waals surface area contributed by atoms with Crippen LogP contribution >= 0.6 is 0 Å². The average molecular weight is 315 g/mol. The van der Waals surface area contributed by atoms with E-state index in [1.807, 2.05) is 28.0 Å². The lowest BCUT2D eigenvalue weighted by atomic mass is 10.0. The lowest BCUT2D eigenvalue weighted by molar-refractivity contribution is -0.132. The van der Waals surface area contributed by atoms with Crippen molar-refractivity contribution in [3.8, 4) is 0 Å². The van der Waals surface area contributed by atoms with Gasteiger partial charge in [0.2, 0.25) is 11.8 Å². The van der Waals surface area contributed by atoms with Gasteiger partial charge in [0.05, 0.1) is 0 Å². The summed E-state index contributed by atoms with van der Waals surface area (Å²) in [6.07, 6.45) is 4.55. The van der Waals surface area contributed by atoms with Crippen molar-refractivity contribution >= 4 is 17.5 Å². The third kappa shape index (κ3) is 3.72. The second-order valence-corrected chi connectivity index (χ2v) is 6.52. The zero-order valence-corrected chi connectivity index (χ0v) is 13.5. The van der Waals surface area contributed by atoms with Gasteiger partial charge in [-0.2, -0.15) is 0 Å². The van der Waals surface area contributed by atoms with Crippen molar-refractivity contribution < 1.29 is 9.59 Å². The summed E-state index contributed by atoms with van der Waals surface area (Å²) in [5.74, 6) is 0.328. The van der Waals surface area contributed by atoms with Crippen LogP contribution in [0.1, 0.15) is 37.7 Å². The smallest absolute Gasteiger partial charge is 0.227 e. The fraction of sp³-hybridized carbons (Fsp3) is 0.556. The molecule has 124 valence electrons. The molecule has 1 atom stereocenters. The van der Waals surface area contributed by atoms with Crippen molar-refractivity contribution in [3.63, 3.8) is 0 Å². The van der Waals surface area contributed by atoms with Gasteiger partial charge in [-0.05, 0) is 37.3 Å². The van der Waals surface area contributed by atoms with Gasteiger partial charge in [0.1, 0.15) is 0 Å². The highest BCUT2D eigenvalue weighted by molar-refractivity contribution is 5.96. The predicted octanol–water partition coefficient (Wildman–Crippen LogP) is 1.70. The van der Waals surface area contributed by atoms with Gasteiger partial charge in [0.25, 0.3) is 0 Å². The largest absolute Gasteiger partial charge is 0.341 e. The van der Waals surface area contributed by atoms with E-state index >= 15 is 0 Å². The minimum atomic E-state index is 0.114. The Balaban J connectivity index is 1.54. The quantitative estimate of drug-likeness (QED) is 0.919. The van der Waals surface area contributed by atoms with Crippen LogP contribution in [0.25, 0.3) is 0 Å². The fourth-order valence-electron chi connectivity index (χ4n) is 3.52. The van der Waals surface area contributed by atoms with E-state index in [2.05, 4.69) is 6.07 Å². The Labute approximate surface area is 137 Å². The van der Waals surface area contributed by atoms with E-state index in [1.54, 1.807) is 0 Å². The van der Waals surface area contributed by atoms with Crippen LogP contribution in [0, 0.1) is 0 Å². The molecule has 0 bridgehead atoms. The molecule has 2 aliphatic rings. The van der Waals surface area contributed by atoms with Crippen LogP contribution in [-0.4, -0.2) is 42.4 Å². The van der Waals surface area contributed by atoms with Crippen LogP contribution in [0.5, 0.6) is 0 Å². The molecule has 0 unspecified atom stereocenters. The molecule has 2 amide bonds. The third-order valence-electron chi connectivity index (χ3n) is 4.77. The van der Waals surface area contributed by atoms with Gasteiger partial charge in [0.15, 0.2) is 0 Å². The maximum Gasteiger partial charge on any atom is 0.227 e. The molecule has 0 aromatic heterocycles. The molecule has 0 radical (unpaired) electrons. The highest BCUT2D eigenvalue weighted by Gasteiger charge is 2.24. The topological polar surface area (TPSA) is 66.6 Å². The van der Waals surface area contributed by atoms with Gasteiger partial charge in [-0.1, -0.05) is 18.2 Å². The molecule has 2 aliphatic heterocycles. The number of carbonyl (C=O) groups excluding carboxylic acids is 2. The first-order chi connectivity index (χ1) is 11.1. The van der Waals surface area contributed by atoms with Gasteiger partial charge in [0, 0.05) is 44.2 Å². The van der Waals surface area contributed by atoms with Crippen LogP contribution in [0.2, 0.25) is 0 Å². The number of anilines is 1. The zero-order valence-electron chi connectivity index (χ0n) is 13.5. The predicted molar refractivity (Wildman–Crippen MR) is 90.1 cm³/mol. The molecule has 2 heterocycles. The summed E-state index contributed by atoms with van der Waals surface area (Å²) in [4.78, 5) is 28.2.